The number of aryl methyl sites for hydroxylation is 1. The number of hydrogen-bond acceptors (Lipinski definition) is 5. The summed E-state index contributed by atoms with van der Waals surface area (Å²) in [6, 6.07) is 29.8. The number of pyridine rings is 1. The van der Waals surface area contributed by atoms with Gasteiger partial charge in [-0.1, -0.05) is 66.7 Å². The molecule has 5 rings (SSSR count). The van der Waals surface area contributed by atoms with Crippen molar-refractivity contribution in [2.75, 3.05) is 31.1 Å². The monoisotopic (exact) mass is 421 g/mol. The number of benzene rings is 2. The fraction of sp³-hybridized carbons (Fsp3) is 0.222. The zero-order chi connectivity index (χ0) is 21.8. The van der Waals surface area contributed by atoms with Crippen molar-refractivity contribution in [1.82, 2.24) is 19.9 Å². The predicted octanol–water partition coefficient (Wildman–Crippen LogP) is 4.76. The lowest BCUT2D eigenvalue weighted by molar-refractivity contribution is 0.212. The molecule has 0 amide bonds. The van der Waals surface area contributed by atoms with E-state index in [4.69, 9.17) is 4.98 Å². The van der Waals surface area contributed by atoms with Crippen molar-refractivity contribution in [1.29, 1.82) is 0 Å². The van der Waals surface area contributed by atoms with Crippen molar-refractivity contribution in [3.05, 3.63) is 108 Å². The smallest absolute Gasteiger partial charge is 0.180 e. The molecule has 1 aliphatic heterocycles. The van der Waals surface area contributed by atoms with Crippen molar-refractivity contribution in [3.63, 3.8) is 0 Å². The van der Waals surface area contributed by atoms with Crippen LogP contribution in [-0.2, 0) is 0 Å². The maximum Gasteiger partial charge on any atom is 0.180 e. The first kappa shape index (κ1) is 20.3. The van der Waals surface area contributed by atoms with Crippen molar-refractivity contribution in [2.45, 2.75) is 13.0 Å². The summed E-state index contributed by atoms with van der Waals surface area (Å²) in [6.07, 6.45) is 1.78. The number of nitrogens with zero attached hydrogens (tertiary/aromatic N) is 5. The second kappa shape index (κ2) is 9.28. The van der Waals surface area contributed by atoms with E-state index in [1.54, 1.807) is 6.20 Å². The Bertz CT molecular complexity index is 1100. The maximum absolute atomic E-state index is 4.85. The van der Waals surface area contributed by atoms with E-state index in [0.29, 0.717) is 5.82 Å². The fourth-order valence-corrected chi connectivity index (χ4v) is 4.42. The Kier molecular flexibility index (Phi) is 5.90. The van der Waals surface area contributed by atoms with E-state index in [9.17, 15) is 0 Å². The van der Waals surface area contributed by atoms with Gasteiger partial charge in [-0.25, -0.2) is 9.97 Å². The van der Waals surface area contributed by atoms with Gasteiger partial charge < -0.3 is 4.90 Å². The molecule has 1 fully saturated rings. The summed E-state index contributed by atoms with van der Waals surface area (Å²) in [5.74, 6) is 1.67. The Labute approximate surface area is 189 Å². The van der Waals surface area contributed by atoms with E-state index < -0.39 is 0 Å². The van der Waals surface area contributed by atoms with E-state index in [0.717, 1.165) is 43.4 Å². The third kappa shape index (κ3) is 4.39. The number of rotatable bonds is 5. The van der Waals surface area contributed by atoms with Gasteiger partial charge in [0.2, 0.25) is 0 Å². The average molecular weight is 422 g/mol. The molecule has 5 heteroatoms. The highest BCUT2D eigenvalue weighted by atomic mass is 15.3. The van der Waals surface area contributed by atoms with Crippen LogP contribution in [0.3, 0.4) is 0 Å². The van der Waals surface area contributed by atoms with Crippen LogP contribution >= 0.6 is 0 Å². The van der Waals surface area contributed by atoms with Crippen LogP contribution in [0.25, 0.3) is 11.5 Å². The second-order valence-electron chi connectivity index (χ2n) is 8.15. The van der Waals surface area contributed by atoms with Gasteiger partial charge in [-0.2, -0.15) is 0 Å². The SMILES string of the molecule is Cc1cc(N2CCN(C(c3ccccc3)c3ccccc3)CC2)nc(-c2ccccn2)n1. The van der Waals surface area contributed by atoms with Gasteiger partial charge >= 0.3 is 0 Å². The molecule has 2 aromatic carbocycles. The summed E-state index contributed by atoms with van der Waals surface area (Å²) in [4.78, 5) is 18.8. The molecule has 32 heavy (non-hydrogen) atoms. The van der Waals surface area contributed by atoms with E-state index in [1.807, 2.05) is 25.1 Å². The summed E-state index contributed by atoms with van der Waals surface area (Å²) in [7, 11) is 0. The van der Waals surface area contributed by atoms with Gasteiger partial charge in [0.15, 0.2) is 5.82 Å². The summed E-state index contributed by atoms with van der Waals surface area (Å²) < 4.78 is 0. The van der Waals surface area contributed by atoms with Crippen LogP contribution in [0.5, 0.6) is 0 Å². The van der Waals surface area contributed by atoms with Crippen LogP contribution in [0.1, 0.15) is 22.9 Å². The molecule has 0 spiro atoms. The predicted molar refractivity (Wildman–Crippen MR) is 129 cm³/mol. The van der Waals surface area contributed by atoms with Crippen molar-refractivity contribution in [3.8, 4) is 11.5 Å². The Hall–Kier alpha value is -3.57. The van der Waals surface area contributed by atoms with E-state index in [-0.39, 0.29) is 6.04 Å². The average Bonchev–Trinajstić information content (AvgIpc) is 2.86. The molecule has 4 aromatic rings. The molecule has 0 saturated carbocycles. The molecule has 5 nitrogen and oxygen atoms in total. The standard InChI is InChI=1S/C27H27N5/c1-21-20-25(30-27(29-21)24-14-8-9-15-28-24)31-16-18-32(19-17-31)26(22-10-4-2-5-11-22)23-12-6-3-7-13-23/h2-15,20,26H,16-19H2,1H3. The Morgan fingerprint density at radius 2 is 1.34 bits per heavy atom. The minimum absolute atomic E-state index is 0.260. The summed E-state index contributed by atoms with van der Waals surface area (Å²) >= 11 is 0. The molecule has 0 unspecified atom stereocenters. The molecule has 0 radical (unpaired) electrons. The Balaban J connectivity index is 1.37. The Morgan fingerprint density at radius 3 is 1.94 bits per heavy atom. The van der Waals surface area contributed by atoms with Gasteiger partial charge in [-0.15, -0.1) is 0 Å². The second-order valence-corrected chi connectivity index (χ2v) is 8.15. The van der Waals surface area contributed by atoms with E-state index >= 15 is 0 Å². The number of aromatic nitrogens is 3. The van der Waals surface area contributed by atoms with Crippen LogP contribution in [-0.4, -0.2) is 46.0 Å². The van der Waals surface area contributed by atoms with Crippen LogP contribution in [0.15, 0.2) is 91.1 Å². The molecule has 0 bridgehead atoms. The third-order valence-electron chi connectivity index (χ3n) is 5.97. The quantitative estimate of drug-likeness (QED) is 0.465. The molecule has 3 heterocycles. The molecular weight excluding hydrogens is 394 g/mol. The van der Waals surface area contributed by atoms with E-state index in [1.165, 1.54) is 11.1 Å². The molecule has 160 valence electrons. The lowest BCUT2D eigenvalue weighted by atomic mass is 9.96. The molecule has 0 aliphatic carbocycles. The minimum Gasteiger partial charge on any atom is -0.354 e. The first-order valence-electron chi connectivity index (χ1n) is 11.1. The number of piperazine rings is 1. The van der Waals surface area contributed by atoms with Crippen molar-refractivity contribution in [2.24, 2.45) is 0 Å². The normalized spacial score (nSPS) is 14.6. The number of hydrogen-bond donors (Lipinski definition) is 0. The van der Waals surface area contributed by atoms with E-state index in [2.05, 4.69) is 86.5 Å². The largest absolute Gasteiger partial charge is 0.354 e. The zero-order valence-corrected chi connectivity index (χ0v) is 18.3. The lowest BCUT2D eigenvalue weighted by Crippen LogP contribution is -2.48. The highest BCUT2D eigenvalue weighted by Gasteiger charge is 2.27. The van der Waals surface area contributed by atoms with Crippen LogP contribution < -0.4 is 4.90 Å². The Morgan fingerprint density at radius 1 is 0.719 bits per heavy atom. The zero-order valence-electron chi connectivity index (χ0n) is 18.3. The van der Waals surface area contributed by atoms with Gasteiger partial charge in [-0.3, -0.25) is 9.88 Å². The van der Waals surface area contributed by atoms with Crippen molar-refractivity contribution >= 4 is 5.82 Å². The molecule has 1 aliphatic rings. The molecule has 0 N–H and O–H groups in total. The summed E-state index contributed by atoms with van der Waals surface area (Å²) in [6.45, 7) is 5.81. The van der Waals surface area contributed by atoms with Gasteiger partial charge in [0.1, 0.15) is 11.5 Å². The molecular formula is C27H27N5. The van der Waals surface area contributed by atoms with Crippen molar-refractivity contribution < 1.29 is 0 Å². The van der Waals surface area contributed by atoms with Crippen LogP contribution in [0.2, 0.25) is 0 Å². The highest BCUT2D eigenvalue weighted by molar-refractivity contribution is 5.53. The number of anilines is 1. The maximum atomic E-state index is 4.85. The van der Waals surface area contributed by atoms with Crippen LogP contribution in [0.4, 0.5) is 5.82 Å². The first-order chi connectivity index (χ1) is 15.8. The fourth-order valence-electron chi connectivity index (χ4n) is 4.42. The first-order valence-corrected chi connectivity index (χ1v) is 11.1. The summed E-state index contributed by atoms with van der Waals surface area (Å²) in [5.41, 5.74) is 4.44. The summed E-state index contributed by atoms with van der Waals surface area (Å²) in [5, 5.41) is 0. The highest BCUT2D eigenvalue weighted by Crippen LogP contribution is 2.30. The topological polar surface area (TPSA) is 45.2 Å². The minimum atomic E-state index is 0.260. The van der Waals surface area contributed by atoms with Gasteiger partial charge in [0, 0.05) is 44.1 Å². The third-order valence-corrected chi connectivity index (χ3v) is 5.97. The van der Waals surface area contributed by atoms with Gasteiger partial charge in [0.05, 0.1) is 6.04 Å². The van der Waals surface area contributed by atoms with Gasteiger partial charge in [0.25, 0.3) is 0 Å². The molecule has 0 atom stereocenters. The molecule has 2 aromatic heterocycles. The molecule has 1 saturated heterocycles. The van der Waals surface area contributed by atoms with Crippen LogP contribution in [0, 0.1) is 6.92 Å². The van der Waals surface area contributed by atoms with Gasteiger partial charge in [-0.05, 0) is 30.2 Å². The lowest BCUT2D eigenvalue weighted by Gasteiger charge is -2.40.